The number of benzene rings is 2. The summed E-state index contributed by atoms with van der Waals surface area (Å²) >= 11 is 0. The SMILES string of the molecule is Cc1cc2c3c(nccc3c1)-c1[c-]c3ccccc3nc1C2(C)C.[2H]/C(C(C)=O)=C(\C)O.[Ir]. The summed E-state index contributed by atoms with van der Waals surface area (Å²) < 4.78 is 6.76. The third-order valence-electron chi connectivity index (χ3n) is 5.50. The molecule has 0 bridgehead atoms. The predicted molar refractivity (Wildman–Crippen MR) is 125 cm³/mol. The zero-order chi connectivity index (χ0) is 23.2. The topological polar surface area (TPSA) is 63.1 Å². The summed E-state index contributed by atoms with van der Waals surface area (Å²) in [5.41, 5.74) is 6.53. The van der Waals surface area contributed by atoms with Gasteiger partial charge in [0.05, 0.1) is 7.13 Å². The van der Waals surface area contributed by atoms with Crippen molar-refractivity contribution < 1.29 is 31.4 Å². The number of allylic oxidation sites excluding steroid dienone is 2. The largest absolute Gasteiger partial charge is 0.512 e. The number of aliphatic hydroxyl groups is 1. The number of hydrogen-bond donors (Lipinski definition) is 1. The number of fused-ring (bicyclic) bond motifs is 3. The molecule has 0 spiro atoms. The van der Waals surface area contributed by atoms with Crippen LogP contribution >= 0.6 is 0 Å². The molecule has 5 rings (SSSR count). The first-order chi connectivity index (χ1) is 15.1. The maximum atomic E-state index is 10.2. The number of aliphatic hydroxyl groups excluding tert-OH is 1. The van der Waals surface area contributed by atoms with Gasteiger partial charge < -0.3 is 10.1 Å². The first-order valence-corrected chi connectivity index (χ1v) is 10.2. The Hall–Kier alpha value is -2.88. The van der Waals surface area contributed by atoms with Crippen LogP contribution in [0.1, 0.15) is 45.9 Å². The predicted octanol–water partition coefficient (Wildman–Crippen LogP) is 6.23. The first-order valence-electron chi connectivity index (χ1n) is 10.7. The molecule has 1 aliphatic carbocycles. The monoisotopic (exact) mass is 603 g/mol. The summed E-state index contributed by atoms with van der Waals surface area (Å²) in [7, 11) is 0. The second kappa shape index (κ2) is 8.93. The summed E-state index contributed by atoms with van der Waals surface area (Å²) in [5, 5.41) is 12.0. The van der Waals surface area contributed by atoms with Gasteiger partial charge in [-0.3, -0.25) is 9.78 Å². The van der Waals surface area contributed by atoms with Gasteiger partial charge in [0.1, 0.15) is 0 Å². The van der Waals surface area contributed by atoms with Crippen molar-refractivity contribution in [3.8, 4) is 11.3 Å². The molecule has 1 radical (unpaired) electrons. The van der Waals surface area contributed by atoms with Gasteiger partial charge in [-0.05, 0) is 54.4 Å². The number of aryl methyl sites for hydroxylation is 1. The van der Waals surface area contributed by atoms with Crippen LogP contribution in [0.3, 0.4) is 0 Å². The number of carbonyl (C=O) groups is 1. The molecule has 1 aliphatic rings. The Balaban J connectivity index is 0.000000297. The Morgan fingerprint density at radius 2 is 1.91 bits per heavy atom. The number of carbonyl (C=O) groups excluding carboxylic acids is 1. The minimum absolute atomic E-state index is 0. The maximum absolute atomic E-state index is 10.2. The van der Waals surface area contributed by atoms with E-state index in [1.165, 1.54) is 35.7 Å². The van der Waals surface area contributed by atoms with Crippen LogP contribution in [-0.2, 0) is 30.3 Å². The number of para-hydroxylation sites is 1. The van der Waals surface area contributed by atoms with E-state index in [0.29, 0.717) is 0 Å². The molecule has 165 valence electrons. The van der Waals surface area contributed by atoms with Gasteiger partial charge in [-0.15, -0.1) is 12.1 Å². The quantitative estimate of drug-likeness (QED) is 0.159. The van der Waals surface area contributed by atoms with Gasteiger partial charge in [0.2, 0.25) is 0 Å². The third-order valence-corrected chi connectivity index (χ3v) is 5.50. The van der Waals surface area contributed by atoms with Crippen molar-refractivity contribution in [1.82, 2.24) is 9.97 Å². The minimum Gasteiger partial charge on any atom is -0.512 e. The maximum Gasteiger partial charge on any atom is 0.155 e. The van der Waals surface area contributed by atoms with Crippen LogP contribution in [-0.4, -0.2) is 20.9 Å². The molecule has 0 aliphatic heterocycles. The normalized spacial score (nSPS) is 14.3. The average Bonchev–Trinajstić information content (AvgIpc) is 2.76. The molecular formula is C27H25IrN2O2-. The molecule has 32 heavy (non-hydrogen) atoms. The summed E-state index contributed by atoms with van der Waals surface area (Å²) in [5.74, 6) is -0.637. The van der Waals surface area contributed by atoms with Crippen molar-refractivity contribution in [1.29, 1.82) is 0 Å². The van der Waals surface area contributed by atoms with Crippen LogP contribution in [0, 0.1) is 13.0 Å². The Bertz CT molecular complexity index is 1420. The van der Waals surface area contributed by atoms with E-state index < -0.39 is 5.78 Å². The first kappa shape index (κ1) is 22.3. The molecule has 4 nitrogen and oxygen atoms in total. The number of hydrogen-bond acceptors (Lipinski definition) is 4. The summed E-state index contributed by atoms with van der Waals surface area (Å²) in [6.07, 6.45) is 1.89. The third kappa shape index (κ3) is 4.23. The van der Waals surface area contributed by atoms with Crippen molar-refractivity contribution in [2.75, 3.05) is 0 Å². The van der Waals surface area contributed by atoms with Gasteiger partial charge in [0, 0.05) is 43.5 Å². The van der Waals surface area contributed by atoms with Crippen molar-refractivity contribution >= 4 is 27.5 Å². The van der Waals surface area contributed by atoms with Gasteiger partial charge in [-0.1, -0.05) is 60.7 Å². The van der Waals surface area contributed by atoms with Gasteiger partial charge in [0.25, 0.3) is 0 Å². The van der Waals surface area contributed by atoms with E-state index in [9.17, 15) is 4.79 Å². The molecule has 0 saturated carbocycles. The van der Waals surface area contributed by atoms with Crippen molar-refractivity contribution in [3.05, 3.63) is 83.4 Å². The number of rotatable bonds is 1. The standard InChI is InChI=1S/C22H17N2.C5H8O2.Ir/c1-13-10-15-8-9-23-20-16-12-14-6-4-5-7-18(14)24-21(16)22(2,3)17(11-13)19(15)20;1-4(6)3-5(2)7;/h4-11H,1-3H3;3,6H,1-2H3;/q-1;;/b;4-3-;/i;3D;. The number of pyridine rings is 2. The molecule has 4 aromatic rings. The molecule has 0 unspecified atom stereocenters. The second-order valence-corrected chi connectivity index (χ2v) is 8.44. The summed E-state index contributed by atoms with van der Waals surface area (Å²) in [6, 6.07) is 18.1. The van der Waals surface area contributed by atoms with E-state index in [1.807, 2.05) is 18.3 Å². The second-order valence-electron chi connectivity index (χ2n) is 8.44. The van der Waals surface area contributed by atoms with E-state index in [0.717, 1.165) is 27.9 Å². The van der Waals surface area contributed by atoms with E-state index in [2.05, 4.69) is 57.2 Å². The van der Waals surface area contributed by atoms with Gasteiger partial charge >= 0.3 is 0 Å². The number of nitrogens with zero attached hydrogens (tertiary/aromatic N) is 2. The van der Waals surface area contributed by atoms with Crippen LogP contribution in [0.25, 0.3) is 32.9 Å². The Morgan fingerprint density at radius 3 is 2.56 bits per heavy atom. The summed E-state index contributed by atoms with van der Waals surface area (Å²) in [4.78, 5) is 19.9. The van der Waals surface area contributed by atoms with Gasteiger partial charge in [-0.25, -0.2) is 0 Å². The smallest absolute Gasteiger partial charge is 0.155 e. The van der Waals surface area contributed by atoms with E-state index in [-0.39, 0.29) is 37.3 Å². The zero-order valence-electron chi connectivity index (χ0n) is 19.7. The van der Waals surface area contributed by atoms with Crippen molar-refractivity contribution in [3.63, 3.8) is 0 Å². The molecule has 0 atom stereocenters. The Morgan fingerprint density at radius 1 is 1.19 bits per heavy atom. The molecule has 2 aromatic carbocycles. The Labute approximate surface area is 203 Å². The Kier molecular flexibility index (Phi) is 6.23. The van der Waals surface area contributed by atoms with Crippen LogP contribution in [0.15, 0.2) is 60.5 Å². The van der Waals surface area contributed by atoms with E-state index in [1.54, 1.807) is 0 Å². The van der Waals surface area contributed by atoms with Crippen LogP contribution < -0.4 is 0 Å². The van der Waals surface area contributed by atoms with E-state index >= 15 is 0 Å². The fraction of sp³-hybridized carbons (Fsp3) is 0.222. The van der Waals surface area contributed by atoms with E-state index in [4.69, 9.17) is 16.4 Å². The summed E-state index contributed by atoms with van der Waals surface area (Å²) in [6.45, 7) is 9.21. The van der Waals surface area contributed by atoms with Crippen LogP contribution in [0.2, 0.25) is 0 Å². The number of ketones is 1. The molecule has 5 heteroatoms. The van der Waals surface area contributed by atoms with Crippen molar-refractivity contribution in [2.24, 2.45) is 0 Å². The molecule has 2 aromatic heterocycles. The van der Waals surface area contributed by atoms with Crippen LogP contribution in [0.4, 0.5) is 0 Å². The molecule has 0 fully saturated rings. The van der Waals surface area contributed by atoms with Gasteiger partial charge in [-0.2, -0.15) is 0 Å². The van der Waals surface area contributed by atoms with Crippen LogP contribution in [0.5, 0.6) is 0 Å². The molecule has 0 amide bonds. The van der Waals surface area contributed by atoms with Crippen molar-refractivity contribution in [2.45, 2.75) is 40.0 Å². The molecular weight excluding hydrogens is 577 g/mol. The number of aromatic nitrogens is 2. The van der Waals surface area contributed by atoms with Gasteiger partial charge in [0.15, 0.2) is 5.78 Å². The molecule has 0 saturated heterocycles. The average molecular weight is 603 g/mol. The zero-order valence-corrected chi connectivity index (χ0v) is 21.1. The fourth-order valence-corrected chi connectivity index (χ4v) is 4.20. The molecule has 1 N–H and O–H groups in total. The minimum atomic E-state index is -0.412. The molecule has 2 heterocycles. The fourth-order valence-electron chi connectivity index (χ4n) is 4.20.